The van der Waals surface area contributed by atoms with E-state index in [9.17, 15) is 13.2 Å². The summed E-state index contributed by atoms with van der Waals surface area (Å²) in [6, 6.07) is 0.452. The van der Waals surface area contributed by atoms with Crippen LogP contribution in [0.15, 0.2) is 0 Å². The van der Waals surface area contributed by atoms with Gasteiger partial charge in [-0.25, -0.2) is 8.42 Å². The lowest BCUT2D eigenvalue weighted by molar-refractivity contribution is -0.132. The number of carbonyl (C=O) groups excluding carboxylic acids is 1. The quantitative estimate of drug-likeness (QED) is 0.740. The Morgan fingerprint density at radius 1 is 1.17 bits per heavy atom. The minimum atomic E-state index is -3.22. The largest absolute Gasteiger partial charge is 0.338 e. The Balaban J connectivity index is 2.10. The van der Waals surface area contributed by atoms with Crippen molar-refractivity contribution in [1.82, 2.24) is 10.2 Å². The highest BCUT2D eigenvalue weighted by molar-refractivity contribution is 7.92. The van der Waals surface area contributed by atoms with Crippen LogP contribution in [0, 0.1) is 0 Å². The van der Waals surface area contributed by atoms with E-state index in [-0.39, 0.29) is 23.7 Å². The van der Waals surface area contributed by atoms with Crippen LogP contribution in [0.2, 0.25) is 0 Å². The average molecular weight is 274 g/mol. The molecule has 0 aromatic heterocycles. The molecule has 2 heterocycles. The molecule has 2 saturated heterocycles. The van der Waals surface area contributed by atoms with Crippen LogP contribution in [-0.4, -0.2) is 55.4 Å². The van der Waals surface area contributed by atoms with E-state index in [2.05, 4.69) is 5.32 Å². The molecule has 104 valence electrons. The summed E-state index contributed by atoms with van der Waals surface area (Å²) in [6.07, 6.45) is 2.03. The molecule has 1 N–H and O–H groups in total. The first-order valence-corrected chi connectivity index (χ1v) is 8.38. The van der Waals surface area contributed by atoms with Crippen molar-refractivity contribution < 1.29 is 13.2 Å². The standard InChI is InChI=1S/C12H22N2O3S/c1-9-7-14(8-10(2)13-9)12(15)11-5-3-4-6-18(11,16)17/h9-11,13H,3-8H2,1-2H3. The van der Waals surface area contributed by atoms with Crippen molar-refractivity contribution in [3.05, 3.63) is 0 Å². The summed E-state index contributed by atoms with van der Waals surface area (Å²) >= 11 is 0. The van der Waals surface area contributed by atoms with Gasteiger partial charge >= 0.3 is 0 Å². The fraction of sp³-hybridized carbons (Fsp3) is 0.917. The molecule has 0 bridgehead atoms. The predicted octanol–water partition coefficient (Wildman–Crippen LogP) is 0.163. The van der Waals surface area contributed by atoms with E-state index >= 15 is 0 Å². The Bertz CT molecular complexity index is 411. The first-order valence-electron chi connectivity index (χ1n) is 6.66. The minimum absolute atomic E-state index is 0.167. The molecule has 0 saturated carbocycles. The van der Waals surface area contributed by atoms with Crippen LogP contribution in [0.1, 0.15) is 33.1 Å². The zero-order valence-corrected chi connectivity index (χ0v) is 11.9. The SMILES string of the molecule is CC1CN(C(=O)C2CCCCS2(=O)=O)CC(C)N1. The van der Waals surface area contributed by atoms with E-state index in [1.807, 2.05) is 13.8 Å². The average Bonchev–Trinajstić information content (AvgIpc) is 2.26. The van der Waals surface area contributed by atoms with Crippen LogP contribution in [-0.2, 0) is 14.6 Å². The number of hydrogen-bond acceptors (Lipinski definition) is 4. The molecule has 3 unspecified atom stereocenters. The van der Waals surface area contributed by atoms with Crippen LogP contribution >= 0.6 is 0 Å². The van der Waals surface area contributed by atoms with Crippen molar-refractivity contribution in [2.45, 2.75) is 50.4 Å². The van der Waals surface area contributed by atoms with E-state index in [0.29, 0.717) is 25.9 Å². The van der Waals surface area contributed by atoms with E-state index in [4.69, 9.17) is 0 Å². The Morgan fingerprint density at radius 2 is 1.78 bits per heavy atom. The van der Waals surface area contributed by atoms with Gasteiger partial charge in [-0.1, -0.05) is 6.42 Å². The number of nitrogens with zero attached hydrogens (tertiary/aromatic N) is 1. The number of rotatable bonds is 1. The van der Waals surface area contributed by atoms with Gasteiger partial charge in [0, 0.05) is 25.2 Å². The lowest BCUT2D eigenvalue weighted by atomic mass is 10.1. The summed E-state index contributed by atoms with van der Waals surface area (Å²) in [5.41, 5.74) is 0. The molecule has 2 aliphatic rings. The van der Waals surface area contributed by atoms with Crippen LogP contribution in [0.5, 0.6) is 0 Å². The molecule has 5 nitrogen and oxygen atoms in total. The molecule has 0 spiro atoms. The molecule has 0 aromatic rings. The van der Waals surface area contributed by atoms with Crippen LogP contribution < -0.4 is 5.32 Å². The molecule has 2 fully saturated rings. The second-order valence-corrected chi connectivity index (χ2v) is 7.87. The van der Waals surface area contributed by atoms with Gasteiger partial charge in [-0.15, -0.1) is 0 Å². The minimum Gasteiger partial charge on any atom is -0.338 e. The van der Waals surface area contributed by atoms with Gasteiger partial charge in [0.2, 0.25) is 5.91 Å². The monoisotopic (exact) mass is 274 g/mol. The van der Waals surface area contributed by atoms with Gasteiger partial charge in [-0.2, -0.15) is 0 Å². The van der Waals surface area contributed by atoms with E-state index < -0.39 is 15.1 Å². The number of amides is 1. The number of nitrogens with one attached hydrogen (secondary N) is 1. The molecule has 0 aromatic carbocycles. The van der Waals surface area contributed by atoms with Crippen molar-refractivity contribution in [3.63, 3.8) is 0 Å². The van der Waals surface area contributed by atoms with Gasteiger partial charge in [0.1, 0.15) is 5.25 Å². The Morgan fingerprint density at radius 3 is 2.33 bits per heavy atom. The summed E-state index contributed by atoms with van der Waals surface area (Å²) in [7, 11) is -3.22. The normalized spacial score (nSPS) is 36.3. The summed E-state index contributed by atoms with van der Waals surface area (Å²) < 4.78 is 23.9. The first-order chi connectivity index (χ1) is 8.40. The van der Waals surface area contributed by atoms with Crippen molar-refractivity contribution in [3.8, 4) is 0 Å². The number of sulfone groups is 1. The third-order valence-electron chi connectivity index (χ3n) is 3.72. The van der Waals surface area contributed by atoms with Crippen molar-refractivity contribution in [2.24, 2.45) is 0 Å². The van der Waals surface area contributed by atoms with Crippen molar-refractivity contribution in [1.29, 1.82) is 0 Å². The van der Waals surface area contributed by atoms with E-state index in [1.54, 1.807) is 4.90 Å². The van der Waals surface area contributed by atoms with Gasteiger partial charge in [-0.3, -0.25) is 4.79 Å². The number of carbonyl (C=O) groups is 1. The maximum Gasteiger partial charge on any atom is 0.241 e. The van der Waals surface area contributed by atoms with Crippen molar-refractivity contribution >= 4 is 15.7 Å². The van der Waals surface area contributed by atoms with E-state index in [0.717, 1.165) is 6.42 Å². The smallest absolute Gasteiger partial charge is 0.241 e. The summed E-state index contributed by atoms with van der Waals surface area (Å²) in [6.45, 7) is 5.25. The fourth-order valence-electron chi connectivity index (χ4n) is 2.94. The zero-order chi connectivity index (χ0) is 13.3. The molecular formula is C12H22N2O3S. The number of piperazine rings is 1. The molecule has 2 aliphatic heterocycles. The highest BCUT2D eigenvalue weighted by Crippen LogP contribution is 2.22. The first kappa shape index (κ1) is 13.8. The summed E-state index contributed by atoms with van der Waals surface area (Å²) in [5.74, 6) is -0.0180. The number of hydrogen-bond donors (Lipinski definition) is 1. The zero-order valence-electron chi connectivity index (χ0n) is 11.1. The van der Waals surface area contributed by atoms with Crippen molar-refractivity contribution in [2.75, 3.05) is 18.8 Å². The fourth-order valence-corrected chi connectivity index (χ4v) is 4.82. The lowest BCUT2D eigenvalue weighted by Gasteiger charge is -2.38. The van der Waals surface area contributed by atoms with E-state index in [1.165, 1.54) is 0 Å². The molecule has 6 heteroatoms. The van der Waals surface area contributed by atoms with Gasteiger partial charge < -0.3 is 10.2 Å². The molecule has 1 amide bonds. The maximum atomic E-state index is 12.4. The Kier molecular flexibility index (Phi) is 3.96. The third kappa shape index (κ3) is 2.85. The van der Waals surface area contributed by atoms with Gasteiger partial charge in [0.05, 0.1) is 5.75 Å². The predicted molar refractivity (Wildman–Crippen MR) is 70.1 cm³/mol. The summed E-state index contributed by atoms with van der Waals surface area (Å²) in [5, 5.41) is 2.56. The molecule has 2 rings (SSSR count). The third-order valence-corrected chi connectivity index (χ3v) is 5.89. The molecular weight excluding hydrogens is 252 g/mol. The van der Waals surface area contributed by atoms with Gasteiger partial charge in [0.25, 0.3) is 0 Å². The van der Waals surface area contributed by atoms with Gasteiger partial charge in [-0.05, 0) is 26.7 Å². The highest BCUT2D eigenvalue weighted by atomic mass is 32.2. The Hall–Kier alpha value is -0.620. The molecule has 0 aliphatic carbocycles. The molecule has 18 heavy (non-hydrogen) atoms. The van der Waals surface area contributed by atoms with Crippen LogP contribution in [0.4, 0.5) is 0 Å². The van der Waals surface area contributed by atoms with Crippen LogP contribution in [0.25, 0.3) is 0 Å². The second-order valence-electron chi connectivity index (χ2n) is 5.56. The second kappa shape index (κ2) is 5.17. The van der Waals surface area contributed by atoms with Gasteiger partial charge in [0.15, 0.2) is 9.84 Å². The molecule has 0 radical (unpaired) electrons. The topological polar surface area (TPSA) is 66.5 Å². The molecule has 3 atom stereocenters. The maximum absolute atomic E-state index is 12.4. The van der Waals surface area contributed by atoms with Crippen LogP contribution in [0.3, 0.4) is 0 Å². The lowest BCUT2D eigenvalue weighted by Crippen LogP contribution is -2.58. The Labute approximate surface area is 109 Å². The summed E-state index contributed by atoms with van der Waals surface area (Å²) in [4.78, 5) is 14.1. The highest BCUT2D eigenvalue weighted by Gasteiger charge is 2.38.